The van der Waals surface area contributed by atoms with Gasteiger partial charge in [0.25, 0.3) is 0 Å². The molecule has 3 N–H and O–H groups in total. The molecule has 9 nitrogen and oxygen atoms in total. The lowest BCUT2D eigenvalue weighted by molar-refractivity contribution is -0.111. The Labute approximate surface area is 207 Å². The number of ether oxygens (including phenoxy) is 1. The van der Waals surface area contributed by atoms with Gasteiger partial charge in [0.2, 0.25) is 11.9 Å². The van der Waals surface area contributed by atoms with E-state index in [0.717, 1.165) is 43.1 Å². The van der Waals surface area contributed by atoms with E-state index >= 15 is 0 Å². The van der Waals surface area contributed by atoms with Crippen molar-refractivity contribution in [1.29, 1.82) is 0 Å². The third-order valence-corrected chi connectivity index (χ3v) is 5.93. The van der Waals surface area contributed by atoms with Crippen molar-refractivity contribution in [2.75, 3.05) is 41.8 Å². The number of nitrogens with one attached hydrogen (secondary N) is 3. The van der Waals surface area contributed by atoms with E-state index in [2.05, 4.69) is 49.4 Å². The van der Waals surface area contributed by atoms with Gasteiger partial charge in [0, 0.05) is 42.3 Å². The van der Waals surface area contributed by atoms with Crippen molar-refractivity contribution in [1.82, 2.24) is 20.2 Å². The predicted molar refractivity (Wildman–Crippen MR) is 138 cm³/mol. The topological polar surface area (TPSA) is 108 Å². The summed E-state index contributed by atoms with van der Waals surface area (Å²) >= 11 is 6.37. The Morgan fingerprint density at radius 1 is 1.11 bits per heavy atom. The van der Waals surface area contributed by atoms with Crippen LogP contribution in [0.1, 0.15) is 6.42 Å². The minimum atomic E-state index is -0.297. The van der Waals surface area contributed by atoms with Crippen molar-refractivity contribution < 1.29 is 9.53 Å². The van der Waals surface area contributed by atoms with Gasteiger partial charge in [0.05, 0.1) is 17.7 Å². The second-order valence-corrected chi connectivity index (χ2v) is 8.39. The van der Waals surface area contributed by atoms with Crippen LogP contribution in [0, 0.1) is 0 Å². The van der Waals surface area contributed by atoms with Crippen LogP contribution in [0.25, 0.3) is 22.3 Å². The molecule has 0 saturated carbocycles. The van der Waals surface area contributed by atoms with Gasteiger partial charge in [0.1, 0.15) is 0 Å². The van der Waals surface area contributed by atoms with Crippen LogP contribution in [0.4, 0.5) is 23.0 Å². The number of anilines is 4. The monoisotopic (exact) mass is 489 g/mol. The first-order valence-electron chi connectivity index (χ1n) is 11.3. The fraction of sp³-hybridized carbons (Fsp3) is 0.200. The SMILES string of the molecule is C=CC(=O)Nc1cccc(-c2nc(Nc3cccc(N4CCCOCC4)c3)nc3[nH]nc(Cl)c23)c1. The maximum absolute atomic E-state index is 11.8. The van der Waals surface area contributed by atoms with Gasteiger partial charge in [-0.25, -0.2) is 4.98 Å². The molecule has 1 aliphatic heterocycles. The van der Waals surface area contributed by atoms with Crippen LogP contribution < -0.4 is 15.5 Å². The zero-order valence-corrected chi connectivity index (χ0v) is 19.7. The zero-order valence-electron chi connectivity index (χ0n) is 18.9. The zero-order chi connectivity index (χ0) is 24.2. The third-order valence-electron chi connectivity index (χ3n) is 5.65. The molecular weight excluding hydrogens is 466 g/mol. The van der Waals surface area contributed by atoms with Crippen LogP contribution in [0.2, 0.25) is 5.15 Å². The maximum Gasteiger partial charge on any atom is 0.247 e. The lowest BCUT2D eigenvalue weighted by Crippen LogP contribution is -2.25. The van der Waals surface area contributed by atoms with Gasteiger partial charge >= 0.3 is 0 Å². The molecule has 1 fully saturated rings. The molecule has 5 rings (SSSR count). The summed E-state index contributed by atoms with van der Waals surface area (Å²) < 4.78 is 5.58. The quantitative estimate of drug-likeness (QED) is 0.335. The third kappa shape index (κ3) is 5.11. The predicted octanol–water partition coefficient (Wildman–Crippen LogP) is 4.77. The number of aromatic nitrogens is 4. The van der Waals surface area contributed by atoms with Gasteiger partial charge in [-0.2, -0.15) is 10.1 Å². The van der Waals surface area contributed by atoms with Crippen molar-refractivity contribution >= 4 is 51.6 Å². The van der Waals surface area contributed by atoms with Gasteiger partial charge in [-0.1, -0.05) is 36.4 Å². The van der Waals surface area contributed by atoms with Crippen LogP contribution in [-0.2, 0) is 9.53 Å². The molecule has 35 heavy (non-hydrogen) atoms. The van der Waals surface area contributed by atoms with Crippen LogP contribution in [0.15, 0.2) is 61.2 Å². The van der Waals surface area contributed by atoms with Gasteiger partial charge in [-0.15, -0.1) is 0 Å². The van der Waals surface area contributed by atoms with Crippen molar-refractivity contribution in [2.24, 2.45) is 0 Å². The Morgan fingerprint density at radius 3 is 2.86 bits per heavy atom. The number of H-pyrrole nitrogens is 1. The first-order chi connectivity index (χ1) is 17.1. The number of carbonyl (C=O) groups excluding carboxylic acids is 1. The van der Waals surface area contributed by atoms with Gasteiger partial charge in [-0.05, 0) is 42.8 Å². The first-order valence-corrected chi connectivity index (χ1v) is 11.6. The van der Waals surface area contributed by atoms with Crippen LogP contribution in [-0.4, -0.2) is 52.4 Å². The number of hydrogen-bond acceptors (Lipinski definition) is 7. The molecule has 0 spiro atoms. The van der Waals surface area contributed by atoms with Gasteiger partial charge < -0.3 is 20.3 Å². The maximum atomic E-state index is 11.8. The molecule has 0 atom stereocenters. The molecule has 0 aliphatic carbocycles. The Morgan fingerprint density at radius 2 is 1.97 bits per heavy atom. The highest BCUT2D eigenvalue weighted by Gasteiger charge is 2.17. The molecule has 3 heterocycles. The standard InChI is InChI=1S/C25H24ClN7O2/c1-2-20(34)27-17-7-3-6-16(14-17)22-21-23(26)31-32-24(21)30-25(29-22)28-18-8-4-9-19(15-18)33-10-5-12-35-13-11-33/h2-4,6-9,14-15H,1,5,10-13H2,(H,27,34)(H2,28,29,30,31,32). The lowest BCUT2D eigenvalue weighted by atomic mass is 10.1. The lowest BCUT2D eigenvalue weighted by Gasteiger charge is -2.22. The molecule has 0 unspecified atom stereocenters. The molecule has 2 aromatic carbocycles. The highest BCUT2D eigenvalue weighted by atomic mass is 35.5. The molecule has 178 valence electrons. The van der Waals surface area contributed by atoms with Crippen LogP contribution in [0.3, 0.4) is 0 Å². The molecule has 0 radical (unpaired) electrons. The molecule has 1 saturated heterocycles. The van der Waals surface area contributed by atoms with E-state index < -0.39 is 0 Å². The molecule has 2 aromatic heterocycles. The number of rotatable bonds is 6. The average molecular weight is 490 g/mol. The van der Waals surface area contributed by atoms with E-state index in [9.17, 15) is 4.79 Å². The summed E-state index contributed by atoms with van der Waals surface area (Å²) in [6.45, 7) is 6.79. The highest BCUT2D eigenvalue weighted by molar-refractivity contribution is 6.35. The summed E-state index contributed by atoms with van der Waals surface area (Å²) in [5.41, 5.74) is 4.43. The Kier molecular flexibility index (Phi) is 6.60. The number of amides is 1. The van der Waals surface area contributed by atoms with E-state index in [0.29, 0.717) is 35.0 Å². The van der Waals surface area contributed by atoms with Gasteiger partial charge in [0.15, 0.2) is 10.8 Å². The van der Waals surface area contributed by atoms with Crippen LogP contribution >= 0.6 is 11.6 Å². The molecule has 10 heteroatoms. The second kappa shape index (κ2) is 10.1. The van der Waals surface area contributed by atoms with E-state index in [1.54, 1.807) is 6.07 Å². The number of benzene rings is 2. The summed E-state index contributed by atoms with van der Waals surface area (Å²) in [6, 6.07) is 15.5. The van der Waals surface area contributed by atoms with Crippen molar-refractivity contribution in [2.45, 2.75) is 6.42 Å². The highest BCUT2D eigenvalue weighted by Crippen LogP contribution is 2.33. The van der Waals surface area contributed by atoms with Crippen molar-refractivity contribution in [3.63, 3.8) is 0 Å². The molecule has 1 amide bonds. The fourth-order valence-corrected chi connectivity index (χ4v) is 4.23. The number of aromatic amines is 1. The van der Waals surface area contributed by atoms with E-state index in [-0.39, 0.29) is 11.1 Å². The number of carbonyl (C=O) groups is 1. The normalized spacial score (nSPS) is 13.9. The number of hydrogen-bond donors (Lipinski definition) is 3. The van der Waals surface area contributed by atoms with E-state index in [1.165, 1.54) is 6.08 Å². The summed E-state index contributed by atoms with van der Waals surface area (Å²) in [6.07, 6.45) is 2.21. The number of fused-ring (bicyclic) bond motifs is 1. The molecule has 1 aliphatic rings. The molecule has 4 aromatic rings. The Balaban J connectivity index is 1.49. The second-order valence-electron chi connectivity index (χ2n) is 8.04. The Bertz CT molecular complexity index is 1380. The Hall–Kier alpha value is -3.95. The summed E-state index contributed by atoms with van der Waals surface area (Å²) in [5, 5.41) is 13.9. The molecule has 0 bridgehead atoms. The minimum Gasteiger partial charge on any atom is -0.380 e. The molecular formula is C25H24ClN7O2. The summed E-state index contributed by atoms with van der Waals surface area (Å²) in [5.74, 6) is 0.0965. The number of nitrogens with zero attached hydrogens (tertiary/aromatic N) is 4. The van der Waals surface area contributed by atoms with Gasteiger partial charge in [-0.3, -0.25) is 9.89 Å². The summed E-state index contributed by atoms with van der Waals surface area (Å²) in [4.78, 5) is 23.4. The first kappa shape index (κ1) is 22.8. The minimum absolute atomic E-state index is 0.271. The van der Waals surface area contributed by atoms with Crippen molar-refractivity contribution in [3.8, 4) is 11.3 Å². The fourth-order valence-electron chi connectivity index (χ4n) is 4.01. The largest absolute Gasteiger partial charge is 0.380 e. The van der Waals surface area contributed by atoms with E-state index in [4.69, 9.17) is 21.3 Å². The van der Waals surface area contributed by atoms with Crippen molar-refractivity contribution in [3.05, 3.63) is 66.3 Å². The van der Waals surface area contributed by atoms with Crippen LogP contribution in [0.5, 0.6) is 0 Å². The smallest absolute Gasteiger partial charge is 0.247 e. The number of halogens is 1. The van der Waals surface area contributed by atoms with E-state index in [1.807, 2.05) is 30.3 Å². The summed E-state index contributed by atoms with van der Waals surface area (Å²) in [7, 11) is 0. The average Bonchev–Trinajstić information content (AvgIpc) is 3.07.